The van der Waals surface area contributed by atoms with E-state index in [9.17, 15) is 19.2 Å². The molecule has 6 rings (SSSR count). The third-order valence-corrected chi connectivity index (χ3v) is 8.75. The van der Waals surface area contributed by atoms with Crippen molar-refractivity contribution in [2.45, 2.75) is 25.3 Å². The molecule has 3 aliphatic heterocycles. The van der Waals surface area contributed by atoms with Crippen LogP contribution in [0.2, 0.25) is 0 Å². The van der Waals surface area contributed by atoms with Crippen LogP contribution in [0.3, 0.4) is 0 Å². The van der Waals surface area contributed by atoms with Gasteiger partial charge in [0.25, 0.3) is 5.56 Å². The zero-order chi connectivity index (χ0) is 27.5. The molecule has 0 N–H and O–H groups in total. The molecule has 2 bridgehead atoms. The number of hydrogen-bond donors (Lipinski definition) is 0. The Morgan fingerprint density at radius 1 is 0.872 bits per heavy atom. The van der Waals surface area contributed by atoms with Gasteiger partial charge in [-0.15, -0.1) is 0 Å². The third kappa shape index (κ3) is 3.95. The molecule has 1 aromatic heterocycles. The average Bonchev–Trinajstić information content (AvgIpc) is 2.94. The first-order valence-electron chi connectivity index (χ1n) is 13.3. The fourth-order valence-electron chi connectivity index (χ4n) is 6.97. The van der Waals surface area contributed by atoms with E-state index in [1.54, 1.807) is 19.2 Å². The first-order chi connectivity index (χ1) is 18.7. The largest absolute Gasteiger partial charge is 0.496 e. The minimum atomic E-state index is -1.52. The first-order valence-corrected chi connectivity index (χ1v) is 13.3. The maximum absolute atomic E-state index is 14.1. The molecular weight excluding hydrogens is 496 g/mol. The maximum Gasteiger partial charge on any atom is 0.332 e. The molecule has 0 radical (unpaired) electrons. The molecule has 0 spiro atoms. The van der Waals surface area contributed by atoms with Crippen LogP contribution in [0.25, 0.3) is 10.8 Å². The van der Waals surface area contributed by atoms with Crippen molar-refractivity contribution in [2.75, 3.05) is 40.8 Å². The van der Waals surface area contributed by atoms with Crippen molar-refractivity contribution in [3.63, 3.8) is 0 Å². The lowest BCUT2D eigenvalue weighted by Crippen LogP contribution is -2.67. The number of likely N-dealkylation sites (tertiary alicyclic amines) is 1. The molecular formula is C30H32N4O5. The maximum atomic E-state index is 14.1. The highest BCUT2D eigenvalue weighted by Crippen LogP contribution is 2.41. The Balaban J connectivity index is 1.44. The minimum absolute atomic E-state index is 0.00886. The van der Waals surface area contributed by atoms with E-state index in [0.29, 0.717) is 25.4 Å². The summed E-state index contributed by atoms with van der Waals surface area (Å²) >= 11 is 0. The summed E-state index contributed by atoms with van der Waals surface area (Å²) in [7, 11) is 4.46. The highest BCUT2D eigenvalue weighted by Gasteiger charge is 2.57. The Morgan fingerprint density at radius 2 is 1.62 bits per heavy atom. The number of rotatable bonds is 5. The van der Waals surface area contributed by atoms with Crippen LogP contribution < -0.4 is 10.3 Å². The smallest absolute Gasteiger partial charge is 0.332 e. The van der Waals surface area contributed by atoms with Gasteiger partial charge >= 0.3 is 6.03 Å². The quantitative estimate of drug-likeness (QED) is 0.473. The molecule has 2 saturated heterocycles. The van der Waals surface area contributed by atoms with Crippen molar-refractivity contribution in [3.8, 4) is 5.75 Å². The van der Waals surface area contributed by atoms with E-state index in [2.05, 4.69) is 4.90 Å². The number of methoxy groups -OCH3 is 1. The van der Waals surface area contributed by atoms with Gasteiger partial charge in [0.2, 0.25) is 11.8 Å². The van der Waals surface area contributed by atoms with Gasteiger partial charge in [-0.2, -0.15) is 0 Å². The van der Waals surface area contributed by atoms with E-state index < -0.39 is 23.3 Å². The van der Waals surface area contributed by atoms with Gasteiger partial charge < -0.3 is 14.2 Å². The number of fused-ring (bicyclic) bond motifs is 5. The summed E-state index contributed by atoms with van der Waals surface area (Å²) in [6, 6.07) is 16.4. The second kappa shape index (κ2) is 9.34. The fourth-order valence-corrected chi connectivity index (χ4v) is 6.97. The number of carbonyl (C=O) groups excluding carboxylic acids is 3. The number of benzene rings is 2. The van der Waals surface area contributed by atoms with E-state index in [0.717, 1.165) is 38.3 Å². The average molecular weight is 529 g/mol. The van der Waals surface area contributed by atoms with E-state index >= 15 is 0 Å². The number of hydrogen-bond acceptors (Lipinski definition) is 6. The molecule has 39 heavy (non-hydrogen) atoms. The van der Waals surface area contributed by atoms with Crippen LogP contribution in [0.5, 0.6) is 5.75 Å². The van der Waals surface area contributed by atoms with Crippen molar-refractivity contribution >= 4 is 28.6 Å². The minimum Gasteiger partial charge on any atom is -0.496 e. The third-order valence-electron chi connectivity index (χ3n) is 8.75. The number of ether oxygens (including phenoxy) is 1. The predicted molar refractivity (Wildman–Crippen MR) is 146 cm³/mol. The fraction of sp³-hybridized carbons (Fsp3) is 0.400. The number of carbonyl (C=O) groups is 3. The molecule has 0 saturated carbocycles. The molecule has 0 aliphatic carbocycles. The SMILES string of the molecule is COc1ccc2ccccc2c1CC1(CN2C[C@@H]3C[C@@H](C2)c2cccc(=O)n2C3)C(=O)N(C)C(=O)N(C)C1=O. The van der Waals surface area contributed by atoms with Crippen LogP contribution in [0.1, 0.15) is 23.6 Å². The lowest BCUT2D eigenvalue weighted by Gasteiger charge is -2.48. The number of aromatic nitrogens is 1. The van der Waals surface area contributed by atoms with Crippen molar-refractivity contribution in [1.82, 2.24) is 19.3 Å². The topological polar surface area (TPSA) is 92.2 Å². The summed E-state index contributed by atoms with van der Waals surface area (Å²) in [6.45, 7) is 2.07. The lowest BCUT2D eigenvalue weighted by molar-refractivity contribution is -0.159. The highest BCUT2D eigenvalue weighted by atomic mass is 16.5. The zero-order valence-electron chi connectivity index (χ0n) is 22.4. The second-order valence-electron chi connectivity index (χ2n) is 11.1. The number of urea groups is 1. The molecule has 9 heteroatoms. The van der Waals surface area contributed by atoms with Gasteiger partial charge in [-0.25, -0.2) is 4.79 Å². The Morgan fingerprint density at radius 3 is 2.36 bits per heavy atom. The van der Waals surface area contributed by atoms with Gasteiger partial charge in [0.1, 0.15) is 11.2 Å². The van der Waals surface area contributed by atoms with Crippen LogP contribution in [-0.2, 0) is 22.6 Å². The number of pyridine rings is 1. The van der Waals surface area contributed by atoms with Gasteiger partial charge in [0.15, 0.2) is 0 Å². The van der Waals surface area contributed by atoms with Crippen molar-refractivity contribution in [3.05, 3.63) is 76.2 Å². The van der Waals surface area contributed by atoms with Gasteiger partial charge in [-0.1, -0.05) is 36.4 Å². The van der Waals surface area contributed by atoms with E-state index in [-0.39, 0.29) is 30.4 Å². The molecule has 4 heterocycles. The van der Waals surface area contributed by atoms with Crippen LogP contribution in [0.4, 0.5) is 4.79 Å². The van der Waals surface area contributed by atoms with Gasteiger partial charge in [0.05, 0.1) is 7.11 Å². The summed E-state index contributed by atoms with van der Waals surface area (Å²) < 4.78 is 7.59. The monoisotopic (exact) mass is 528 g/mol. The van der Waals surface area contributed by atoms with Gasteiger partial charge in [-0.3, -0.25) is 24.2 Å². The van der Waals surface area contributed by atoms with Crippen LogP contribution in [-0.4, -0.2) is 78.0 Å². The standard InChI is InChI=1S/C30H32N4O5/c1-31-27(36)30(28(37)32(2)29(31)38,14-23-22-8-5-4-7-20(22)11-12-25(23)39-3)18-33-15-19-13-21(17-33)24-9-6-10-26(35)34(24)16-19/h4-12,19,21H,13-18H2,1-3H3/t19-,21-/m0/s1. The highest BCUT2D eigenvalue weighted by molar-refractivity contribution is 6.19. The van der Waals surface area contributed by atoms with Crippen LogP contribution in [0, 0.1) is 11.3 Å². The zero-order valence-corrected chi connectivity index (χ0v) is 22.4. The Labute approximate surface area is 226 Å². The Bertz CT molecular complexity index is 1540. The van der Waals surface area contributed by atoms with Crippen molar-refractivity contribution in [2.24, 2.45) is 11.3 Å². The molecule has 202 valence electrons. The molecule has 2 fully saturated rings. The van der Waals surface area contributed by atoms with Gasteiger partial charge in [0, 0.05) is 69.9 Å². The molecule has 0 unspecified atom stereocenters. The first kappa shape index (κ1) is 25.3. The van der Waals surface area contributed by atoms with Crippen molar-refractivity contribution < 1.29 is 19.1 Å². The Kier molecular flexibility index (Phi) is 6.06. The van der Waals surface area contributed by atoms with E-state index in [1.807, 2.05) is 47.0 Å². The molecule has 4 amide bonds. The summed E-state index contributed by atoms with van der Waals surface area (Å²) in [5.74, 6) is -0.0524. The van der Waals surface area contributed by atoms with Crippen LogP contribution >= 0.6 is 0 Å². The van der Waals surface area contributed by atoms with Crippen molar-refractivity contribution in [1.29, 1.82) is 0 Å². The van der Waals surface area contributed by atoms with Gasteiger partial charge in [-0.05, 0) is 35.2 Å². The summed E-state index contributed by atoms with van der Waals surface area (Å²) in [5, 5.41) is 1.88. The molecule has 2 atom stereocenters. The summed E-state index contributed by atoms with van der Waals surface area (Å²) in [6.07, 6.45) is 1.06. The predicted octanol–water partition coefficient (Wildman–Crippen LogP) is 2.71. The summed E-state index contributed by atoms with van der Waals surface area (Å²) in [4.78, 5) is 57.7. The molecule has 2 aromatic carbocycles. The molecule has 9 nitrogen and oxygen atoms in total. The van der Waals surface area contributed by atoms with E-state index in [1.165, 1.54) is 14.1 Å². The molecule has 3 aliphatic rings. The number of barbiturate groups is 1. The van der Waals surface area contributed by atoms with Crippen LogP contribution in [0.15, 0.2) is 59.4 Å². The normalized spacial score (nSPS) is 22.8. The number of nitrogens with zero attached hydrogens (tertiary/aromatic N) is 4. The summed E-state index contributed by atoms with van der Waals surface area (Å²) in [5.41, 5.74) is 0.257. The number of amides is 4. The Hall–Kier alpha value is -3.98. The van der Waals surface area contributed by atoms with E-state index in [4.69, 9.17) is 4.74 Å². The lowest BCUT2D eigenvalue weighted by atomic mass is 9.74. The second-order valence-corrected chi connectivity index (χ2v) is 11.1. The number of piperidine rings is 1. The molecule has 3 aromatic rings. The number of imide groups is 2.